The Labute approximate surface area is 157 Å². The maximum Gasteiger partial charge on any atom is 0.387 e. The average Bonchev–Trinajstić information content (AvgIpc) is 2.64. The summed E-state index contributed by atoms with van der Waals surface area (Å²) in [7, 11) is 0. The Hall–Kier alpha value is -3.69. The molecule has 2 aromatic rings. The zero-order chi connectivity index (χ0) is 20.8. The molecular formula is C18H15F2NO7. The number of phenolic OH excluding ortho intramolecular Hbond substituents is 2. The molecule has 0 saturated heterocycles. The molecule has 0 radical (unpaired) electrons. The zero-order valence-corrected chi connectivity index (χ0v) is 14.4. The Balaban J connectivity index is 1.90. The van der Waals surface area contributed by atoms with Crippen LogP contribution in [0.25, 0.3) is 0 Å². The highest BCUT2D eigenvalue weighted by atomic mass is 19.3. The summed E-state index contributed by atoms with van der Waals surface area (Å²) in [6.45, 7) is -2.33. The maximum atomic E-state index is 12.1. The van der Waals surface area contributed by atoms with Gasteiger partial charge in [-0.1, -0.05) is 6.07 Å². The van der Waals surface area contributed by atoms with E-state index < -0.39 is 42.5 Å². The first-order valence-corrected chi connectivity index (χ1v) is 7.76. The molecule has 0 unspecified atom stereocenters. The van der Waals surface area contributed by atoms with Crippen molar-refractivity contribution in [2.75, 3.05) is 6.61 Å². The standard InChI is InChI=1S/C18H15F2NO7/c1-9-2-7-12(15(24)14(9)23)17(26)27-8-13(22)21-16(25)10-3-5-11(6-4-10)28-18(19)20/h2-7,18,23-24H,8H2,1H3,(H,21,22,25). The van der Waals surface area contributed by atoms with Crippen LogP contribution in [0.2, 0.25) is 0 Å². The molecule has 0 saturated carbocycles. The number of hydrogen-bond donors (Lipinski definition) is 3. The number of benzene rings is 2. The van der Waals surface area contributed by atoms with Crippen molar-refractivity contribution in [3.05, 3.63) is 53.1 Å². The van der Waals surface area contributed by atoms with Gasteiger partial charge in [0.2, 0.25) is 0 Å². The number of phenols is 2. The largest absolute Gasteiger partial charge is 0.504 e. The van der Waals surface area contributed by atoms with Crippen molar-refractivity contribution in [3.63, 3.8) is 0 Å². The second-order valence-electron chi connectivity index (χ2n) is 5.48. The molecule has 28 heavy (non-hydrogen) atoms. The molecule has 0 bridgehead atoms. The minimum Gasteiger partial charge on any atom is -0.504 e. The molecule has 2 aromatic carbocycles. The van der Waals surface area contributed by atoms with Crippen molar-refractivity contribution in [3.8, 4) is 17.2 Å². The highest BCUT2D eigenvalue weighted by Crippen LogP contribution is 2.32. The van der Waals surface area contributed by atoms with E-state index in [0.29, 0.717) is 5.56 Å². The fourth-order valence-electron chi connectivity index (χ4n) is 2.08. The summed E-state index contributed by atoms with van der Waals surface area (Å²) in [5, 5.41) is 21.3. The molecule has 0 aliphatic heterocycles. The summed E-state index contributed by atoms with van der Waals surface area (Å²) < 4.78 is 33.0. The van der Waals surface area contributed by atoms with Gasteiger partial charge >= 0.3 is 12.6 Å². The van der Waals surface area contributed by atoms with Crippen molar-refractivity contribution in [2.24, 2.45) is 0 Å². The van der Waals surface area contributed by atoms with Gasteiger partial charge in [0, 0.05) is 5.56 Å². The number of halogens is 2. The summed E-state index contributed by atoms with van der Waals surface area (Å²) in [5.74, 6) is -4.22. The lowest BCUT2D eigenvalue weighted by Gasteiger charge is -2.09. The van der Waals surface area contributed by atoms with Crippen molar-refractivity contribution >= 4 is 17.8 Å². The lowest BCUT2D eigenvalue weighted by Crippen LogP contribution is -2.34. The minimum atomic E-state index is -3.01. The van der Waals surface area contributed by atoms with Crippen molar-refractivity contribution < 1.29 is 42.9 Å². The topological polar surface area (TPSA) is 122 Å². The normalized spacial score (nSPS) is 10.4. The van der Waals surface area contributed by atoms with Crippen LogP contribution in [0.5, 0.6) is 17.2 Å². The molecule has 0 heterocycles. The van der Waals surface area contributed by atoms with E-state index >= 15 is 0 Å². The van der Waals surface area contributed by atoms with Crippen molar-refractivity contribution in [2.45, 2.75) is 13.5 Å². The van der Waals surface area contributed by atoms with E-state index in [0.717, 1.165) is 12.1 Å². The van der Waals surface area contributed by atoms with Crippen molar-refractivity contribution in [1.82, 2.24) is 5.32 Å². The number of alkyl halides is 2. The predicted octanol–water partition coefficient (Wildman–Crippen LogP) is 2.12. The van der Waals surface area contributed by atoms with E-state index in [1.54, 1.807) is 0 Å². The van der Waals surface area contributed by atoms with Crippen LogP contribution in [0.15, 0.2) is 36.4 Å². The smallest absolute Gasteiger partial charge is 0.387 e. The van der Waals surface area contributed by atoms with Crippen LogP contribution >= 0.6 is 0 Å². The number of carbonyl (C=O) groups is 3. The van der Waals surface area contributed by atoms with E-state index in [1.807, 2.05) is 5.32 Å². The summed E-state index contributed by atoms with van der Waals surface area (Å²) in [6, 6.07) is 7.16. The number of hydrogen-bond acceptors (Lipinski definition) is 7. The first-order chi connectivity index (χ1) is 13.2. The third kappa shape index (κ3) is 5.16. The molecule has 2 rings (SSSR count). The Kier molecular flexibility index (Phi) is 6.48. The molecular weight excluding hydrogens is 380 g/mol. The van der Waals surface area contributed by atoms with E-state index in [4.69, 9.17) is 0 Å². The van der Waals surface area contributed by atoms with Crippen LogP contribution in [-0.2, 0) is 9.53 Å². The lowest BCUT2D eigenvalue weighted by molar-refractivity contribution is -0.123. The highest BCUT2D eigenvalue weighted by Gasteiger charge is 2.19. The third-order valence-corrected chi connectivity index (χ3v) is 3.50. The monoisotopic (exact) mass is 395 g/mol. The SMILES string of the molecule is Cc1ccc(C(=O)OCC(=O)NC(=O)c2ccc(OC(F)F)cc2)c(O)c1O. The molecule has 3 N–H and O–H groups in total. The molecule has 8 nitrogen and oxygen atoms in total. The minimum absolute atomic E-state index is 0.0117. The summed E-state index contributed by atoms with van der Waals surface area (Å²) in [5.41, 5.74) is -0.0263. The zero-order valence-electron chi connectivity index (χ0n) is 14.4. The Morgan fingerprint density at radius 1 is 1.04 bits per heavy atom. The fraction of sp³-hybridized carbons (Fsp3) is 0.167. The predicted molar refractivity (Wildman–Crippen MR) is 90.3 cm³/mol. The van der Waals surface area contributed by atoms with Gasteiger partial charge in [-0.25, -0.2) is 4.79 Å². The molecule has 2 amide bonds. The molecule has 0 aliphatic rings. The van der Waals surface area contributed by atoms with Gasteiger partial charge in [0.1, 0.15) is 11.3 Å². The van der Waals surface area contributed by atoms with Crippen LogP contribution < -0.4 is 10.1 Å². The summed E-state index contributed by atoms with van der Waals surface area (Å²) in [6.07, 6.45) is 0. The second kappa shape index (κ2) is 8.80. The number of carbonyl (C=O) groups excluding carboxylic acids is 3. The first kappa shape index (κ1) is 20.6. The Morgan fingerprint density at radius 3 is 2.29 bits per heavy atom. The first-order valence-electron chi connectivity index (χ1n) is 7.76. The summed E-state index contributed by atoms with van der Waals surface area (Å²) in [4.78, 5) is 35.5. The molecule has 0 atom stereocenters. The van der Waals surface area contributed by atoms with Crippen molar-refractivity contribution in [1.29, 1.82) is 0 Å². The number of amides is 2. The molecule has 0 aliphatic carbocycles. The molecule has 0 fully saturated rings. The Morgan fingerprint density at radius 2 is 1.68 bits per heavy atom. The van der Waals surface area contributed by atoms with Gasteiger partial charge in [-0.15, -0.1) is 0 Å². The summed E-state index contributed by atoms with van der Waals surface area (Å²) >= 11 is 0. The van der Waals surface area contributed by atoms with Gasteiger partial charge in [-0.2, -0.15) is 8.78 Å². The van der Waals surface area contributed by atoms with Crippen LogP contribution in [0, 0.1) is 6.92 Å². The third-order valence-electron chi connectivity index (χ3n) is 3.50. The Bertz CT molecular complexity index is 898. The van der Waals surface area contributed by atoms with Crippen LogP contribution in [-0.4, -0.2) is 41.2 Å². The van der Waals surface area contributed by atoms with E-state index in [9.17, 15) is 33.4 Å². The highest BCUT2D eigenvalue weighted by molar-refractivity contribution is 6.05. The molecule has 148 valence electrons. The van der Waals surface area contributed by atoms with Gasteiger partial charge < -0.3 is 19.7 Å². The average molecular weight is 395 g/mol. The number of aromatic hydroxyl groups is 2. The fourth-order valence-corrected chi connectivity index (χ4v) is 2.08. The number of aryl methyl sites for hydroxylation is 1. The molecule has 0 spiro atoms. The van der Waals surface area contributed by atoms with Gasteiger partial charge in [0.05, 0.1) is 0 Å². The number of imide groups is 1. The van der Waals surface area contributed by atoms with Gasteiger partial charge in [-0.05, 0) is 42.8 Å². The van der Waals surface area contributed by atoms with Crippen LogP contribution in [0.4, 0.5) is 8.78 Å². The molecule has 10 heteroatoms. The van der Waals surface area contributed by atoms with Crippen LogP contribution in [0.3, 0.4) is 0 Å². The number of ether oxygens (including phenoxy) is 2. The number of nitrogens with one attached hydrogen (secondary N) is 1. The van der Waals surface area contributed by atoms with Gasteiger partial charge in [-0.3, -0.25) is 14.9 Å². The van der Waals surface area contributed by atoms with Gasteiger partial charge in [0.25, 0.3) is 11.8 Å². The molecule has 0 aromatic heterocycles. The van der Waals surface area contributed by atoms with Crippen LogP contribution in [0.1, 0.15) is 26.3 Å². The second-order valence-corrected chi connectivity index (χ2v) is 5.48. The van der Waals surface area contributed by atoms with Gasteiger partial charge in [0.15, 0.2) is 18.1 Å². The maximum absolute atomic E-state index is 12.1. The van der Waals surface area contributed by atoms with E-state index in [2.05, 4.69) is 9.47 Å². The number of rotatable bonds is 6. The van der Waals surface area contributed by atoms with E-state index in [1.165, 1.54) is 31.2 Å². The lowest BCUT2D eigenvalue weighted by atomic mass is 10.1. The quantitative estimate of drug-likeness (QED) is 0.506. The van der Waals surface area contributed by atoms with E-state index in [-0.39, 0.29) is 16.9 Å². The number of esters is 1.